The third-order valence-electron chi connectivity index (χ3n) is 7.30. The Morgan fingerprint density at radius 3 is 2.58 bits per heavy atom. The minimum Gasteiger partial charge on any atom is -0.379 e. The molecule has 1 aliphatic carbocycles. The zero-order valence-electron chi connectivity index (χ0n) is 22.5. The number of hydrazine groups is 2. The van der Waals surface area contributed by atoms with Crippen LogP contribution in [0.2, 0.25) is 5.02 Å². The molecular weight excluding hydrogens is 526 g/mol. The maximum Gasteiger partial charge on any atom is 0.123 e. The van der Waals surface area contributed by atoms with Crippen LogP contribution < -0.4 is 21.6 Å². The maximum absolute atomic E-state index is 13.9. The van der Waals surface area contributed by atoms with E-state index in [-0.39, 0.29) is 23.7 Å². The Balaban J connectivity index is 1.62. The molecule has 2 aliphatic rings. The van der Waals surface area contributed by atoms with Gasteiger partial charge < -0.3 is 16.1 Å². The van der Waals surface area contributed by atoms with Gasteiger partial charge in [0.25, 0.3) is 0 Å². The van der Waals surface area contributed by atoms with Gasteiger partial charge >= 0.3 is 0 Å². The molecule has 8 nitrogen and oxygen atoms in total. The molecule has 3 aromatic rings. The van der Waals surface area contributed by atoms with Crippen LogP contribution in [0.25, 0.3) is 10.9 Å². The second-order valence-corrected chi connectivity index (χ2v) is 11.7. The zero-order chi connectivity index (χ0) is 28.7. The number of rotatable bonds is 8. The molecule has 2 aromatic carbocycles. The number of anilines is 2. The lowest BCUT2D eigenvalue weighted by atomic mass is 9.69. The molecule has 0 saturated heterocycles. The van der Waals surface area contributed by atoms with E-state index in [0.29, 0.717) is 50.2 Å². The average Bonchev–Trinajstić information content (AvgIpc) is 3.64. The SMILES string of the molecule is [B]C(Nc1cc(Cl)c2ncc(C#N)c(N[C@H](CC#N)C(C)(C)C)c2c1)(C1=CN(C2CC2)NN1)c1ccc(F)cc1. The Bertz CT molecular complexity index is 1550. The Kier molecular flexibility index (Phi) is 7.26. The molecule has 2 atom stereocenters. The summed E-state index contributed by atoms with van der Waals surface area (Å²) in [5.74, 6) is -0.373. The predicted molar refractivity (Wildman–Crippen MR) is 155 cm³/mol. The zero-order valence-corrected chi connectivity index (χ0v) is 23.3. The normalized spacial score (nSPS) is 17.3. The summed E-state index contributed by atoms with van der Waals surface area (Å²) >= 11 is 6.74. The van der Waals surface area contributed by atoms with E-state index in [9.17, 15) is 14.9 Å². The van der Waals surface area contributed by atoms with Crippen LogP contribution in [-0.4, -0.2) is 29.9 Å². The van der Waals surface area contributed by atoms with Gasteiger partial charge in [-0.3, -0.25) is 9.99 Å². The van der Waals surface area contributed by atoms with Crippen LogP contribution in [0, 0.1) is 33.9 Å². The van der Waals surface area contributed by atoms with Gasteiger partial charge in [0.1, 0.15) is 19.7 Å². The topological polar surface area (TPSA) is 112 Å². The highest BCUT2D eigenvalue weighted by atomic mass is 35.5. The molecule has 0 spiro atoms. The van der Waals surface area contributed by atoms with Gasteiger partial charge in [-0.25, -0.2) is 4.39 Å². The number of aromatic nitrogens is 1. The van der Waals surface area contributed by atoms with Crippen LogP contribution in [0.5, 0.6) is 0 Å². The molecule has 202 valence electrons. The first-order valence-corrected chi connectivity index (χ1v) is 13.4. The monoisotopic (exact) mass is 554 g/mol. The number of nitrogens with zero attached hydrogens (tertiary/aromatic N) is 4. The standard InChI is InChI=1S/C29H29BClFN8/c1-28(2,3)24(10-11-33)36-26-17(14-34)15-35-27-22(26)12-20(13-23(27)31)37-29(30,18-4-6-19(32)7-5-18)25-16-40(39-38-25)21-8-9-21/h4-7,12-13,15-16,21,24,37-39H,8-10H2,1-3H3,(H,35,36)/t24-,29?/m1/s1. The first-order valence-electron chi connectivity index (χ1n) is 13.0. The van der Waals surface area contributed by atoms with E-state index in [1.165, 1.54) is 18.3 Å². The number of halogens is 2. The highest BCUT2D eigenvalue weighted by Crippen LogP contribution is 2.39. The number of nitrogens with one attached hydrogen (secondary N) is 4. The van der Waals surface area contributed by atoms with Crippen molar-refractivity contribution in [3.05, 3.63) is 76.5 Å². The lowest BCUT2D eigenvalue weighted by Gasteiger charge is -2.34. The van der Waals surface area contributed by atoms with Gasteiger partial charge in [0.15, 0.2) is 0 Å². The lowest BCUT2D eigenvalue weighted by molar-refractivity contribution is 0.260. The summed E-state index contributed by atoms with van der Waals surface area (Å²) < 4.78 is 13.9. The molecule has 1 unspecified atom stereocenters. The summed E-state index contributed by atoms with van der Waals surface area (Å²) in [6.45, 7) is 6.10. The van der Waals surface area contributed by atoms with Gasteiger partial charge in [0.05, 0.1) is 45.4 Å². The van der Waals surface area contributed by atoms with Gasteiger partial charge in [-0.1, -0.05) is 44.5 Å². The molecule has 1 aromatic heterocycles. The summed E-state index contributed by atoms with van der Waals surface area (Å²) in [4.78, 5) is 4.45. The molecule has 1 fully saturated rings. The van der Waals surface area contributed by atoms with Crippen molar-refractivity contribution >= 4 is 41.7 Å². The molecule has 40 heavy (non-hydrogen) atoms. The molecule has 0 amide bonds. The maximum atomic E-state index is 13.9. The second kappa shape index (κ2) is 10.5. The van der Waals surface area contributed by atoms with Crippen molar-refractivity contribution in [1.29, 1.82) is 10.5 Å². The Hall–Kier alpha value is -3.99. The molecule has 1 aliphatic heterocycles. The molecule has 4 N–H and O–H groups in total. The first kappa shape index (κ1) is 27.6. The smallest absolute Gasteiger partial charge is 0.123 e. The molecule has 0 bridgehead atoms. The first-order chi connectivity index (χ1) is 19.0. The van der Waals surface area contributed by atoms with E-state index >= 15 is 0 Å². The van der Waals surface area contributed by atoms with Crippen molar-refractivity contribution in [3.8, 4) is 12.1 Å². The predicted octanol–water partition coefficient (Wildman–Crippen LogP) is 5.40. The fourth-order valence-corrected chi connectivity index (χ4v) is 4.99. The fraction of sp³-hybridized carbons (Fsp3) is 0.345. The minimum atomic E-state index is -1.30. The van der Waals surface area contributed by atoms with Crippen molar-refractivity contribution in [1.82, 2.24) is 21.0 Å². The van der Waals surface area contributed by atoms with Crippen LogP contribution in [-0.2, 0) is 5.44 Å². The number of nitriles is 2. The van der Waals surface area contributed by atoms with E-state index in [2.05, 4.69) is 38.7 Å². The van der Waals surface area contributed by atoms with Crippen LogP contribution in [0.15, 0.2) is 54.5 Å². The molecule has 2 radical (unpaired) electrons. The number of benzene rings is 2. The van der Waals surface area contributed by atoms with Crippen LogP contribution in [0.4, 0.5) is 15.8 Å². The van der Waals surface area contributed by atoms with Gasteiger partial charge in [-0.15, -0.1) is 5.53 Å². The number of hydrogen-bond acceptors (Lipinski definition) is 8. The highest BCUT2D eigenvalue weighted by Gasteiger charge is 2.38. The lowest BCUT2D eigenvalue weighted by Crippen LogP contribution is -2.45. The number of fused-ring (bicyclic) bond motifs is 1. The Labute approximate surface area is 239 Å². The minimum absolute atomic E-state index is 0.241. The van der Waals surface area contributed by atoms with Crippen LogP contribution >= 0.6 is 11.6 Å². The van der Waals surface area contributed by atoms with E-state index in [1.807, 2.05) is 38.0 Å². The summed E-state index contributed by atoms with van der Waals surface area (Å²) in [5, 5.41) is 29.1. The van der Waals surface area contributed by atoms with Crippen molar-refractivity contribution < 1.29 is 4.39 Å². The summed E-state index contributed by atoms with van der Waals surface area (Å²) in [6, 6.07) is 14.1. The van der Waals surface area contributed by atoms with Crippen molar-refractivity contribution in [2.45, 2.75) is 57.6 Å². The van der Waals surface area contributed by atoms with Crippen molar-refractivity contribution in [2.24, 2.45) is 5.41 Å². The molecular formula is C29H29BClFN8. The Morgan fingerprint density at radius 1 is 1.23 bits per heavy atom. The van der Waals surface area contributed by atoms with Gasteiger partial charge in [-0.05, 0) is 48.1 Å². The Morgan fingerprint density at radius 2 is 1.95 bits per heavy atom. The molecule has 1 saturated carbocycles. The fourth-order valence-electron chi connectivity index (χ4n) is 4.72. The van der Waals surface area contributed by atoms with Gasteiger partial charge in [-0.2, -0.15) is 10.5 Å². The van der Waals surface area contributed by atoms with Gasteiger partial charge in [0, 0.05) is 35.6 Å². The number of pyridine rings is 1. The highest BCUT2D eigenvalue weighted by molar-refractivity contribution is 6.36. The van der Waals surface area contributed by atoms with Crippen molar-refractivity contribution in [3.63, 3.8) is 0 Å². The average molecular weight is 555 g/mol. The van der Waals surface area contributed by atoms with E-state index in [1.54, 1.807) is 18.2 Å². The third kappa shape index (κ3) is 5.38. The van der Waals surface area contributed by atoms with E-state index in [0.717, 1.165) is 12.8 Å². The van der Waals surface area contributed by atoms with E-state index in [4.69, 9.17) is 19.4 Å². The van der Waals surface area contributed by atoms with Gasteiger partial charge in [0.2, 0.25) is 0 Å². The van der Waals surface area contributed by atoms with Crippen LogP contribution in [0.1, 0.15) is 51.2 Å². The van der Waals surface area contributed by atoms with Crippen LogP contribution in [0.3, 0.4) is 0 Å². The summed E-state index contributed by atoms with van der Waals surface area (Å²) in [5.41, 5.74) is 7.91. The van der Waals surface area contributed by atoms with E-state index < -0.39 is 5.44 Å². The summed E-state index contributed by atoms with van der Waals surface area (Å²) in [7, 11) is 7.06. The quantitative estimate of drug-likeness (QED) is 0.274. The summed E-state index contributed by atoms with van der Waals surface area (Å²) in [6.07, 6.45) is 5.78. The second-order valence-electron chi connectivity index (χ2n) is 11.3. The largest absolute Gasteiger partial charge is 0.379 e. The van der Waals surface area contributed by atoms with Crippen molar-refractivity contribution in [2.75, 3.05) is 10.6 Å². The molecule has 2 heterocycles. The molecule has 5 rings (SSSR count). The third-order valence-corrected chi connectivity index (χ3v) is 7.59. The number of hydrogen-bond donors (Lipinski definition) is 4. The molecule has 11 heteroatoms.